The SMILES string of the molecule is CSCC[C@H](N)C(=O)N1CCC[C@H]1C(=O)N[C@@H](CO)C(=O)O. The van der Waals surface area contributed by atoms with E-state index in [9.17, 15) is 14.4 Å². The summed E-state index contributed by atoms with van der Waals surface area (Å²) in [5.74, 6) is -1.42. The molecule has 0 saturated carbocycles. The van der Waals surface area contributed by atoms with Gasteiger partial charge in [0.2, 0.25) is 11.8 Å². The zero-order valence-electron chi connectivity index (χ0n) is 12.5. The smallest absolute Gasteiger partial charge is 0.328 e. The van der Waals surface area contributed by atoms with Gasteiger partial charge in [-0.2, -0.15) is 11.8 Å². The number of hydrogen-bond acceptors (Lipinski definition) is 6. The van der Waals surface area contributed by atoms with Crippen LogP contribution in [-0.2, 0) is 14.4 Å². The normalized spacial score (nSPS) is 20.5. The third kappa shape index (κ3) is 4.85. The van der Waals surface area contributed by atoms with Crippen LogP contribution in [0, 0.1) is 0 Å². The lowest BCUT2D eigenvalue weighted by atomic mass is 10.1. The Kier molecular flexibility index (Phi) is 7.63. The maximum Gasteiger partial charge on any atom is 0.328 e. The van der Waals surface area contributed by atoms with Gasteiger partial charge < -0.3 is 26.2 Å². The molecule has 0 unspecified atom stereocenters. The Hall–Kier alpha value is -1.32. The molecule has 0 spiro atoms. The van der Waals surface area contributed by atoms with E-state index in [1.165, 1.54) is 4.90 Å². The summed E-state index contributed by atoms with van der Waals surface area (Å²) < 4.78 is 0. The van der Waals surface area contributed by atoms with Crippen LogP contribution in [0.25, 0.3) is 0 Å². The number of thioether (sulfide) groups is 1. The van der Waals surface area contributed by atoms with E-state index in [1.807, 2.05) is 6.26 Å². The summed E-state index contributed by atoms with van der Waals surface area (Å²) in [4.78, 5) is 36.7. The first-order valence-electron chi connectivity index (χ1n) is 7.11. The van der Waals surface area contributed by atoms with Crippen LogP contribution in [0.5, 0.6) is 0 Å². The predicted octanol–water partition coefficient (Wildman–Crippen LogP) is -1.38. The molecule has 126 valence electrons. The number of carbonyl (C=O) groups excluding carboxylic acids is 2. The topological polar surface area (TPSA) is 133 Å². The molecule has 0 radical (unpaired) electrons. The molecule has 0 bridgehead atoms. The van der Waals surface area contributed by atoms with Crippen molar-refractivity contribution in [3.05, 3.63) is 0 Å². The molecule has 1 aliphatic rings. The summed E-state index contributed by atoms with van der Waals surface area (Å²) in [5, 5.41) is 20.0. The van der Waals surface area contributed by atoms with Crippen LogP contribution in [0.3, 0.4) is 0 Å². The lowest BCUT2D eigenvalue weighted by Crippen LogP contribution is -2.54. The number of hydrogen-bond donors (Lipinski definition) is 4. The Morgan fingerprint density at radius 3 is 2.68 bits per heavy atom. The van der Waals surface area contributed by atoms with E-state index >= 15 is 0 Å². The lowest BCUT2D eigenvalue weighted by Gasteiger charge is -2.27. The number of carboxylic acid groups (broad SMARTS) is 1. The number of carboxylic acids is 1. The van der Waals surface area contributed by atoms with Crippen molar-refractivity contribution in [2.75, 3.05) is 25.2 Å². The number of amides is 2. The largest absolute Gasteiger partial charge is 0.480 e. The molecule has 1 saturated heterocycles. The Morgan fingerprint density at radius 2 is 2.14 bits per heavy atom. The predicted molar refractivity (Wildman–Crippen MR) is 82.4 cm³/mol. The van der Waals surface area contributed by atoms with Crippen molar-refractivity contribution in [2.45, 2.75) is 37.4 Å². The first-order valence-corrected chi connectivity index (χ1v) is 8.50. The number of likely N-dealkylation sites (tertiary alicyclic amines) is 1. The highest BCUT2D eigenvalue weighted by Gasteiger charge is 2.37. The summed E-state index contributed by atoms with van der Waals surface area (Å²) >= 11 is 1.59. The fourth-order valence-corrected chi connectivity index (χ4v) is 2.83. The van der Waals surface area contributed by atoms with E-state index in [1.54, 1.807) is 11.8 Å². The van der Waals surface area contributed by atoms with E-state index in [2.05, 4.69) is 5.32 Å². The van der Waals surface area contributed by atoms with Crippen molar-refractivity contribution < 1.29 is 24.6 Å². The summed E-state index contributed by atoms with van der Waals surface area (Å²) in [7, 11) is 0. The maximum atomic E-state index is 12.3. The number of rotatable bonds is 8. The van der Waals surface area contributed by atoms with Gasteiger partial charge in [0.1, 0.15) is 12.1 Å². The Balaban J connectivity index is 2.67. The van der Waals surface area contributed by atoms with Crippen molar-refractivity contribution in [1.82, 2.24) is 10.2 Å². The zero-order chi connectivity index (χ0) is 16.7. The molecule has 0 aromatic carbocycles. The number of nitrogens with one attached hydrogen (secondary N) is 1. The third-order valence-corrected chi connectivity index (χ3v) is 4.23. The molecule has 22 heavy (non-hydrogen) atoms. The number of aliphatic hydroxyl groups is 1. The fraction of sp³-hybridized carbons (Fsp3) is 0.769. The molecule has 5 N–H and O–H groups in total. The van der Waals surface area contributed by atoms with Crippen LogP contribution in [0.4, 0.5) is 0 Å². The fourth-order valence-electron chi connectivity index (χ4n) is 2.34. The van der Waals surface area contributed by atoms with Crippen LogP contribution in [0.15, 0.2) is 0 Å². The first kappa shape index (κ1) is 18.7. The molecule has 1 aliphatic heterocycles. The molecule has 1 fully saturated rings. The minimum Gasteiger partial charge on any atom is -0.480 e. The molecule has 0 aliphatic carbocycles. The van der Waals surface area contributed by atoms with Crippen molar-refractivity contribution in [2.24, 2.45) is 5.73 Å². The second-order valence-corrected chi connectivity index (χ2v) is 6.15. The van der Waals surface area contributed by atoms with Gasteiger partial charge in [0.25, 0.3) is 0 Å². The van der Waals surface area contributed by atoms with Gasteiger partial charge in [-0.3, -0.25) is 9.59 Å². The first-order chi connectivity index (χ1) is 10.4. The average Bonchev–Trinajstić information content (AvgIpc) is 2.98. The quantitative estimate of drug-likeness (QED) is 0.430. The Morgan fingerprint density at radius 1 is 1.45 bits per heavy atom. The van der Waals surface area contributed by atoms with Crippen LogP contribution < -0.4 is 11.1 Å². The number of carbonyl (C=O) groups is 3. The van der Waals surface area contributed by atoms with Crippen LogP contribution in [-0.4, -0.2) is 76.2 Å². The second-order valence-electron chi connectivity index (χ2n) is 5.16. The molecular formula is C13H23N3O5S. The molecule has 1 rings (SSSR count). The number of aliphatic hydroxyl groups excluding tert-OH is 1. The summed E-state index contributed by atoms with van der Waals surface area (Å²) in [6.07, 6.45) is 3.57. The summed E-state index contributed by atoms with van der Waals surface area (Å²) in [6, 6.07) is -2.74. The van der Waals surface area contributed by atoms with Crippen LogP contribution >= 0.6 is 11.8 Å². The molecule has 0 aromatic rings. The van der Waals surface area contributed by atoms with Gasteiger partial charge in [0.05, 0.1) is 12.6 Å². The Bertz CT molecular complexity index is 420. The van der Waals surface area contributed by atoms with Gasteiger partial charge in [-0.15, -0.1) is 0 Å². The lowest BCUT2D eigenvalue weighted by molar-refractivity contribution is -0.145. The number of aliphatic carboxylic acids is 1. The minimum atomic E-state index is -1.37. The zero-order valence-corrected chi connectivity index (χ0v) is 13.3. The molecular weight excluding hydrogens is 310 g/mol. The summed E-state index contributed by atoms with van der Waals surface area (Å²) in [5.41, 5.74) is 5.85. The highest BCUT2D eigenvalue weighted by atomic mass is 32.2. The third-order valence-electron chi connectivity index (χ3n) is 3.59. The molecule has 9 heteroatoms. The van der Waals surface area contributed by atoms with Crippen LogP contribution in [0.1, 0.15) is 19.3 Å². The van der Waals surface area contributed by atoms with E-state index in [0.717, 1.165) is 5.75 Å². The maximum absolute atomic E-state index is 12.3. The highest BCUT2D eigenvalue weighted by molar-refractivity contribution is 7.98. The molecule has 8 nitrogen and oxygen atoms in total. The van der Waals surface area contributed by atoms with Crippen molar-refractivity contribution >= 4 is 29.5 Å². The van der Waals surface area contributed by atoms with Gasteiger partial charge in [0.15, 0.2) is 0 Å². The van der Waals surface area contributed by atoms with Gasteiger partial charge >= 0.3 is 5.97 Å². The number of nitrogens with two attached hydrogens (primary N) is 1. The average molecular weight is 333 g/mol. The van der Waals surface area contributed by atoms with E-state index in [4.69, 9.17) is 15.9 Å². The van der Waals surface area contributed by atoms with Gasteiger partial charge in [0, 0.05) is 6.54 Å². The van der Waals surface area contributed by atoms with Gasteiger partial charge in [-0.1, -0.05) is 0 Å². The molecule has 0 aromatic heterocycles. The highest BCUT2D eigenvalue weighted by Crippen LogP contribution is 2.19. The van der Waals surface area contributed by atoms with E-state index in [0.29, 0.717) is 25.8 Å². The summed E-state index contributed by atoms with van der Waals surface area (Å²) in [6.45, 7) is -0.268. The van der Waals surface area contributed by atoms with Crippen molar-refractivity contribution in [3.8, 4) is 0 Å². The van der Waals surface area contributed by atoms with Crippen LogP contribution in [0.2, 0.25) is 0 Å². The van der Waals surface area contributed by atoms with Crippen molar-refractivity contribution in [1.29, 1.82) is 0 Å². The monoisotopic (exact) mass is 333 g/mol. The second kappa shape index (κ2) is 8.96. The Labute approximate surface area is 133 Å². The molecule has 3 atom stereocenters. The van der Waals surface area contributed by atoms with E-state index in [-0.39, 0.29) is 5.91 Å². The van der Waals surface area contributed by atoms with E-state index < -0.39 is 36.6 Å². The van der Waals surface area contributed by atoms with Gasteiger partial charge in [-0.05, 0) is 31.3 Å². The standard InChI is InChI=1S/C13H23N3O5S/c1-22-6-4-8(14)12(19)16-5-2-3-10(16)11(18)15-9(7-17)13(20)21/h8-10,17H,2-7,14H2,1H3,(H,15,18)(H,20,21)/t8-,9-,10-/m0/s1. The minimum absolute atomic E-state index is 0.289. The van der Waals surface area contributed by atoms with Gasteiger partial charge in [-0.25, -0.2) is 4.79 Å². The molecule has 2 amide bonds. The van der Waals surface area contributed by atoms with Crippen molar-refractivity contribution in [3.63, 3.8) is 0 Å². The number of nitrogens with zero attached hydrogens (tertiary/aromatic N) is 1. The molecule has 1 heterocycles.